The molecular weight excluding hydrogens is 202 g/mol. The zero-order valence-corrected chi connectivity index (χ0v) is 10.4. The molecule has 0 aliphatic carbocycles. The van der Waals surface area contributed by atoms with E-state index in [0.717, 1.165) is 24.2 Å². The highest BCUT2D eigenvalue weighted by Crippen LogP contribution is 2.11. The van der Waals surface area contributed by atoms with Crippen molar-refractivity contribution in [2.24, 2.45) is 5.73 Å². The summed E-state index contributed by atoms with van der Waals surface area (Å²) in [5, 5.41) is 0. The first-order valence-electron chi connectivity index (χ1n) is 5.57. The predicted octanol–water partition coefficient (Wildman–Crippen LogP) is 1.18. The summed E-state index contributed by atoms with van der Waals surface area (Å²) in [6.07, 6.45) is 1.01. The maximum absolute atomic E-state index is 5.57. The molecule has 0 bridgehead atoms. The normalized spacial score (nSPS) is 10.8. The lowest BCUT2D eigenvalue weighted by Gasteiger charge is -2.10. The van der Waals surface area contributed by atoms with Crippen LogP contribution in [0.4, 0.5) is 0 Å². The largest absolute Gasteiger partial charge is 0.478 e. The van der Waals surface area contributed by atoms with Crippen LogP contribution in [-0.4, -0.2) is 37.1 Å². The van der Waals surface area contributed by atoms with Crippen molar-refractivity contribution in [3.63, 3.8) is 0 Å². The van der Waals surface area contributed by atoms with Crippen LogP contribution in [0.25, 0.3) is 0 Å². The maximum atomic E-state index is 5.57. The Morgan fingerprint density at radius 2 is 2.12 bits per heavy atom. The van der Waals surface area contributed by atoms with Gasteiger partial charge in [0, 0.05) is 24.8 Å². The lowest BCUT2D eigenvalue weighted by molar-refractivity contribution is 0.272. The van der Waals surface area contributed by atoms with E-state index in [1.54, 1.807) is 0 Å². The van der Waals surface area contributed by atoms with Gasteiger partial charge in [0.1, 0.15) is 0 Å². The molecule has 0 radical (unpaired) electrons. The number of nitrogens with two attached hydrogens (primary N) is 1. The summed E-state index contributed by atoms with van der Waals surface area (Å²) >= 11 is 0. The van der Waals surface area contributed by atoms with Gasteiger partial charge in [0.15, 0.2) is 0 Å². The zero-order valence-electron chi connectivity index (χ0n) is 10.4. The molecule has 0 saturated carbocycles. The van der Waals surface area contributed by atoms with Crippen molar-refractivity contribution in [3.8, 4) is 5.88 Å². The third-order valence-corrected chi connectivity index (χ3v) is 2.39. The van der Waals surface area contributed by atoms with E-state index in [0.29, 0.717) is 19.0 Å². The third-order valence-electron chi connectivity index (χ3n) is 2.39. The molecule has 0 aliphatic heterocycles. The van der Waals surface area contributed by atoms with Gasteiger partial charge in [-0.15, -0.1) is 0 Å². The molecule has 2 N–H and O–H groups in total. The molecule has 16 heavy (non-hydrogen) atoms. The number of hydrogen-bond acceptors (Lipinski definition) is 4. The number of aromatic nitrogens is 1. The number of aryl methyl sites for hydroxylation is 1. The van der Waals surface area contributed by atoms with Gasteiger partial charge in [-0.25, -0.2) is 4.98 Å². The van der Waals surface area contributed by atoms with Gasteiger partial charge >= 0.3 is 0 Å². The monoisotopic (exact) mass is 223 g/mol. The van der Waals surface area contributed by atoms with Crippen molar-refractivity contribution in [2.45, 2.75) is 19.9 Å². The van der Waals surface area contributed by atoms with E-state index in [1.807, 2.05) is 19.1 Å². The van der Waals surface area contributed by atoms with Crippen molar-refractivity contribution in [2.75, 3.05) is 27.2 Å². The van der Waals surface area contributed by atoms with E-state index in [4.69, 9.17) is 10.5 Å². The van der Waals surface area contributed by atoms with E-state index in [2.05, 4.69) is 24.0 Å². The fourth-order valence-corrected chi connectivity index (χ4v) is 1.42. The van der Waals surface area contributed by atoms with Crippen LogP contribution < -0.4 is 10.5 Å². The fourth-order valence-electron chi connectivity index (χ4n) is 1.42. The van der Waals surface area contributed by atoms with Gasteiger partial charge in [-0.2, -0.15) is 0 Å². The first-order valence-corrected chi connectivity index (χ1v) is 5.57. The van der Waals surface area contributed by atoms with Crippen LogP contribution in [0.1, 0.15) is 17.7 Å². The molecule has 0 spiro atoms. The minimum Gasteiger partial charge on any atom is -0.478 e. The lowest BCUT2D eigenvalue weighted by Crippen LogP contribution is -2.15. The van der Waals surface area contributed by atoms with Crippen LogP contribution in [-0.2, 0) is 6.54 Å². The van der Waals surface area contributed by atoms with E-state index < -0.39 is 0 Å². The van der Waals surface area contributed by atoms with Crippen molar-refractivity contribution in [1.29, 1.82) is 0 Å². The summed E-state index contributed by atoms with van der Waals surface area (Å²) in [6.45, 7) is 4.21. The summed E-state index contributed by atoms with van der Waals surface area (Å²) in [7, 11) is 4.11. The van der Waals surface area contributed by atoms with Gasteiger partial charge in [0.2, 0.25) is 5.88 Å². The molecule has 4 heteroatoms. The Balaban J connectivity index is 2.40. The topological polar surface area (TPSA) is 51.4 Å². The molecule has 4 nitrogen and oxygen atoms in total. The van der Waals surface area contributed by atoms with Crippen molar-refractivity contribution >= 4 is 0 Å². The quantitative estimate of drug-likeness (QED) is 0.736. The smallest absolute Gasteiger partial charge is 0.213 e. The molecule has 0 unspecified atom stereocenters. The molecule has 0 aliphatic rings. The second-order valence-corrected chi connectivity index (χ2v) is 4.10. The van der Waals surface area contributed by atoms with Gasteiger partial charge in [-0.1, -0.05) is 6.07 Å². The Bertz CT molecular complexity index is 326. The van der Waals surface area contributed by atoms with Gasteiger partial charge < -0.3 is 15.4 Å². The summed E-state index contributed by atoms with van der Waals surface area (Å²) in [4.78, 5) is 6.48. The molecule has 0 saturated heterocycles. The van der Waals surface area contributed by atoms with Crippen LogP contribution in [0.15, 0.2) is 12.1 Å². The maximum Gasteiger partial charge on any atom is 0.213 e. The molecule has 0 aromatic carbocycles. The fraction of sp³-hybridized carbons (Fsp3) is 0.583. The highest BCUT2D eigenvalue weighted by molar-refractivity contribution is 5.24. The average Bonchev–Trinajstić information content (AvgIpc) is 2.24. The Labute approximate surface area is 97.4 Å². The molecule has 1 aromatic heterocycles. The summed E-state index contributed by atoms with van der Waals surface area (Å²) in [6, 6.07) is 3.86. The van der Waals surface area contributed by atoms with E-state index in [-0.39, 0.29) is 0 Å². The van der Waals surface area contributed by atoms with E-state index >= 15 is 0 Å². The minimum atomic E-state index is 0.528. The molecule has 1 rings (SSSR count). The summed E-state index contributed by atoms with van der Waals surface area (Å²) in [5.41, 5.74) is 7.59. The first-order chi connectivity index (χ1) is 7.63. The van der Waals surface area contributed by atoms with Crippen LogP contribution >= 0.6 is 0 Å². The predicted molar refractivity (Wildman–Crippen MR) is 65.5 cm³/mol. The van der Waals surface area contributed by atoms with Gasteiger partial charge in [-0.05, 0) is 33.0 Å². The Kier molecular flexibility index (Phi) is 5.22. The first kappa shape index (κ1) is 12.9. The molecule has 0 fully saturated rings. The third kappa shape index (κ3) is 4.16. The lowest BCUT2D eigenvalue weighted by atomic mass is 10.2. The highest BCUT2D eigenvalue weighted by atomic mass is 16.5. The Hall–Kier alpha value is -1.13. The number of rotatable bonds is 6. The second kappa shape index (κ2) is 6.45. The van der Waals surface area contributed by atoms with Crippen molar-refractivity contribution in [3.05, 3.63) is 23.4 Å². The SMILES string of the molecule is Cc1nc(OCCCN(C)C)ccc1CN. The number of pyridine rings is 1. The number of ether oxygens (including phenoxy) is 1. The van der Waals surface area contributed by atoms with Gasteiger partial charge in [0.25, 0.3) is 0 Å². The molecule has 1 heterocycles. The average molecular weight is 223 g/mol. The molecule has 0 atom stereocenters. The number of hydrogen-bond donors (Lipinski definition) is 1. The summed E-state index contributed by atoms with van der Waals surface area (Å²) in [5.74, 6) is 0.688. The van der Waals surface area contributed by atoms with Crippen LogP contribution in [0, 0.1) is 6.92 Å². The van der Waals surface area contributed by atoms with Crippen molar-refractivity contribution in [1.82, 2.24) is 9.88 Å². The highest BCUT2D eigenvalue weighted by Gasteiger charge is 2.01. The van der Waals surface area contributed by atoms with Crippen LogP contribution in [0.3, 0.4) is 0 Å². The molecule has 90 valence electrons. The Morgan fingerprint density at radius 3 is 2.69 bits per heavy atom. The van der Waals surface area contributed by atoms with Crippen LogP contribution in [0.2, 0.25) is 0 Å². The molecule has 0 amide bonds. The standard InChI is InChI=1S/C12H21N3O/c1-10-11(9-13)5-6-12(14-10)16-8-4-7-15(2)3/h5-6H,4,7-9,13H2,1-3H3. The second-order valence-electron chi connectivity index (χ2n) is 4.10. The van der Waals surface area contributed by atoms with E-state index in [1.165, 1.54) is 0 Å². The summed E-state index contributed by atoms with van der Waals surface area (Å²) < 4.78 is 5.56. The van der Waals surface area contributed by atoms with Crippen LogP contribution in [0.5, 0.6) is 5.88 Å². The molecular formula is C12H21N3O. The Morgan fingerprint density at radius 1 is 1.38 bits per heavy atom. The molecule has 1 aromatic rings. The van der Waals surface area contributed by atoms with Crippen molar-refractivity contribution < 1.29 is 4.74 Å². The zero-order chi connectivity index (χ0) is 12.0. The van der Waals surface area contributed by atoms with Gasteiger partial charge in [-0.3, -0.25) is 0 Å². The number of nitrogens with zero attached hydrogens (tertiary/aromatic N) is 2. The van der Waals surface area contributed by atoms with E-state index in [9.17, 15) is 0 Å². The minimum absolute atomic E-state index is 0.528. The van der Waals surface area contributed by atoms with Gasteiger partial charge in [0.05, 0.1) is 6.61 Å².